The van der Waals surface area contributed by atoms with Gasteiger partial charge in [0, 0.05) is 31.2 Å². The minimum atomic E-state index is -0.507. The van der Waals surface area contributed by atoms with Gasteiger partial charge in [0.25, 0.3) is 5.91 Å². The standard InChI is InChI=1S/C22H28N6O/c1-15-6-7-19-18(11-15)17(8-9-24-19)21(29)27-10-4-5-16(12-27)13-28-14-20(25-26-28)22(2,3)23/h6-9,11,14,16H,4-5,10,12-13,23H2,1-3H3. The Morgan fingerprint density at radius 1 is 1.31 bits per heavy atom. The number of hydrogen-bond donors (Lipinski definition) is 1. The van der Waals surface area contributed by atoms with Crippen LogP contribution in [0.4, 0.5) is 0 Å². The topological polar surface area (TPSA) is 89.9 Å². The van der Waals surface area contributed by atoms with Gasteiger partial charge in [-0.15, -0.1) is 5.10 Å². The second-order valence-corrected chi connectivity index (χ2v) is 8.69. The van der Waals surface area contributed by atoms with Crippen LogP contribution in [0, 0.1) is 12.8 Å². The molecule has 1 aromatic carbocycles. The summed E-state index contributed by atoms with van der Waals surface area (Å²) in [7, 11) is 0. The molecule has 29 heavy (non-hydrogen) atoms. The fourth-order valence-electron chi connectivity index (χ4n) is 3.96. The summed E-state index contributed by atoms with van der Waals surface area (Å²) in [5.74, 6) is 0.424. The van der Waals surface area contributed by atoms with Crippen molar-refractivity contribution in [3.8, 4) is 0 Å². The number of fused-ring (bicyclic) bond motifs is 1. The number of piperidine rings is 1. The summed E-state index contributed by atoms with van der Waals surface area (Å²) in [5.41, 5.74) is 9.09. The van der Waals surface area contributed by atoms with Gasteiger partial charge < -0.3 is 10.6 Å². The summed E-state index contributed by atoms with van der Waals surface area (Å²) < 4.78 is 1.85. The molecule has 1 fully saturated rings. The third-order valence-electron chi connectivity index (χ3n) is 5.58. The molecular weight excluding hydrogens is 364 g/mol. The highest BCUT2D eigenvalue weighted by atomic mass is 16.2. The lowest BCUT2D eigenvalue weighted by Gasteiger charge is -2.33. The van der Waals surface area contributed by atoms with Crippen molar-refractivity contribution >= 4 is 16.8 Å². The predicted octanol–water partition coefficient (Wildman–Crippen LogP) is 2.88. The maximum atomic E-state index is 13.3. The zero-order valence-corrected chi connectivity index (χ0v) is 17.3. The fourth-order valence-corrected chi connectivity index (χ4v) is 3.96. The maximum absolute atomic E-state index is 13.3. The Balaban J connectivity index is 1.51. The number of carbonyl (C=O) groups is 1. The highest BCUT2D eigenvalue weighted by Crippen LogP contribution is 2.24. The van der Waals surface area contributed by atoms with E-state index >= 15 is 0 Å². The third-order valence-corrected chi connectivity index (χ3v) is 5.58. The lowest BCUT2D eigenvalue weighted by atomic mass is 9.96. The Labute approximate surface area is 170 Å². The second-order valence-electron chi connectivity index (χ2n) is 8.69. The number of benzene rings is 1. The lowest BCUT2D eigenvalue weighted by molar-refractivity contribution is 0.0661. The zero-order valence-electron chi connectivity index (χ0n) is 17.3. The molecule has 152 valence electrons. The van der Waals surface area contributed by atoms with Crippen LogP contribution in [0.2, 0.25) is 0 Å². The molecule has 1 saturated heterocycles. The number of nitrogens with two attached hydrogens (primary N) is 1. The summed E-state index contributed by atoms with van der Waals surface area (Å²) in [6.45, 7) is 8.11. The molecule has 1 aliphatic rings. The van der Waals surface area contributed by atoms with E-state index in [0.717, 1.165) is 60.2 Å². The van der Waals surface area contributed by atoms with Gasteiger partial charge in [-0.25, -0.2) is 0 Å². The van der Waals surface area contributed by atoms with Crippen LogP contribution in [0.25, 0.3) is 10.9 Å². The van der Waals surface area contributed by atoms with Crippen molar-refractivity contribution < 1.29 is 4.79 Å². The molecular formula is C22H28N6O. The van der Waals surface area contributed by atoms with Crippen molar-refractivity contribution in [2.24, 2.45) is 11.7 Å². The molecule has 0 spiro atoms. The van der Waals surface area contributed by atoms with Gasteiger partial charge in [-0.1, -0.05) is 16.8 Å². The van der Waals surface area contributed by atoms with Crippen LogP contribution in [0.3, 0.4) is 0 Å². The van der Waals surface area contributed by atoms with Crippen LogP contribution in [0.15, 0.2) is 36.7 Å². The first kappa shape index (κ1) is 19.5. The van der Waals surface area contributed by atoms with Gasteiger partial charge in [0.15, 0.2) is 0 Å². The first-order valence-electron chi connectivity index (χ1n) is 10.2. The molecule has 0 aliphatic carbocycles. The lowest BCUT2D eigenvalue weighted by Crippen LogP contribution is -2.41. The number of aryl methyl sites for hydroxylation is 1. The van der Waals surface area contributed by atoms with Crippen molar-refractivity contribution in [2.75, 3.05) is 13.1 Å². The first-order valence-corrected chi connectivity index (χ1v) is 10.2. The van der Waals surface area contributed by atoms with Gasteiger partial charge in [0.1, 0.15) is 5.69 Å². The van der Waals surface area contributed by atoms with E-state index in [9.17, 15) is 4.79 Å². The first-order chi connectivity index (χ1) is 13.8. The van der Waals surface area contributed by atoms with Crippen LogP contribution in [0.5, 0.6) is 0 Å². The van der Waals surface area contributed by atoms with Crippen molar-refractivity contribution in [3.05, 3.63) is 53.5 Å². The predicted molar refractivity (Wildman–Crippen MR) is 112 cm³/mol. The Hall–Kier alpha value is -2.80. The largest absolute Gasteiger partial charge is 0.338 e. The van der Waals surface area contributed by atoms with Gasteiger partial charge in [-0.2, -0.15) is 0 Å². The average molecular weight is 393 g/mol. The summed E-state index contributed by atoms with van der Waals surface area (Å²) in [4.78, 5) is 19.7. The van der Waals surface area contributed by atoms with Crippen LogP contribution < -0.4 is 5.73 Å². The van der Waals surface area contributed by atoms with Crippen LogP contribution in [0.1, 0.15) is 48.3 Å². The van der Waals surface area contributed by atoms with Crippen molar-refractivity contribution in [1.29, 1.82) is 0 Å². The fraction of sp³-hybridized carbons (Fsp3) is 0.455. The number of hydrogen-bond acceptors (Lipinski definition) is 5. The SMILES string of the molecule is Cc1ccc2nccc(C(=O)N3CCCC(Cn4cc(C(C)(C)N)nn4)C3)c2c1. The monoisotopic (exact) mass is 392 g/mol. The quantitative estimate of drug-likeness (QED) is 0.737. The van der Waals surface area contributed by atoms with E-state index in [0.29, 0.717) is 5.92 Å². The van der Waals surface area contributed by atoms with Crippen molar-refractivity contribution in [2.45, 2.75) is 45.7 Å². The van der Waals surface area contributed by atoms with Crippen molar-refractivity contribution in [3.63, 3.8) is 0 Å². The van der Waals surface area contributed by atoms with Gasteiger partial charge in [-0.3, -0.25) is 14.5 Å². The average Bonchev–Trinajstić information content (AvgIpc) is 3.16. The molecule has 4 rings (SSSR count). The maximum Gasteiger partial charge on any atom is 0.254 e. The van der Waals surface area contributed by atoms with E-state index in [1.807, 2.05) is 60.8 Å². The third kappa shape index (κ3) is 4.15. The second kappa shape index (κ2) is 7.55. The number of likely N-dealkylation sites (tertiary alicyclic amines) is 1. The van der Waals surface area contributed by atoms with E-state index in [1.165, 1.54) is 0 Å². The Morgan fingerprint density at radius 3 is 2.90 bits per heavy atom. The number of aromatic nitrogens is 4. The molecule has 2 N–H and O–H groups in total. The number of carbonyl (C=O) groups excluding carboxylic acids is 1. The Kier molecular flexibility index (Phi) is 5.08. The smallest absolute Gasteiger partial charge is 0.254 e. The van der Waals surface area contributed by atoms with E-state index in [1.54, 1.807) is 6.20 Å². The highest BCUT2D eigenvalue weighted by molar-refractivity contribution is 6.06. The molecule has 3 heterocycles. The summed E-state index contributed by atoms with van der Waals surface area (Å²) in [6, 6.07) is 7.88. The molecule has 7 nitrogen and oxygen atoms in total. The normalized spacial score (nSPS) is 17.7. The number of amides is 1. The number of pyridine rings is 1. The molecule has 1 unspecified atom stereocenters. The van der Waals surface area contributed by atoms with Crippen LogP contribution >= 0.6 is 0 Å². The van der Waals surface area contributed by atoms with Gasteiger partial charge in [0.2, 0.25) is 0 Å². The number of rotatable bonds is 4. The van der Waals surface area contributed by atoms with E-state index in [2.05, 4.69) is 15.3 Å². The van der Waals surface area contributed by atoms with Crippen LogP contribution in [-0.4, -0.2) is 43.9 Å². The molecule has 1 atom stereocenters. The molecule has 1 amide bonds. The van der Waals surface area contributed by atoms with E-state index < -0.39 is 5.54 Å². The minimum Gasteiger partial charge on any atom is -0.338 e. The van der Waals surface area contributed by atoms with E-state index in [4.69, 9.17) is 5.73 Å². The van der Waals surface area contributed by atoms with Gasteiger partial charge in [-0.05, 0) is 57.7 Å². The van der Waals surface area contributed by atoms with E-state index in [-0.39, 0.29) is 5.91 Å². The molecule has 0 radical (unpaired) electrons. The molecule has 2 aromatic heterocycles. The summed E-state index contributed by atoms with van der Waals surface area (Å²) in [5, 5.41) is 9.35. The van der Waals surface area contributed by atoms with Gasteiger partial charge in [0.05, 0.1) is 22.8 Å². The Bertz CT molecular complexity index is 1040. The van der Waals surface area contributed by atoms with Gasteiger partial charge >= 0.3 is 0 Å². The molecule has 1 aliphatic heterocycles. The molecule has 0 bridgehead atoms. The number of nitrogens with zero attached hydrogens (tertiary/aromatic N) is 5. The summed E-state index contributed by atoms with van der Waals surface area (Å²) >= 11 is 0. The van der Waals surface area contributed by atoms with Crippen molar-refractivity contribution in [1.82, 2.24) is 24.9 Å². The summed E-state index contributed by atoms with van der Waals surface area (Å²) in [6.07, 6.45) is 5.70. The minimum absolute atomic E-state index is 0.0788. The molecule has 3 aromatic rings. The molecule has 0 saturated carbocycles. The highest BCUT2D eigenvalue weighted by Gasteiger charge is 2.27. The Morgan fingerprint density at radius 2 is 2.14 bits per heavy atom. The zero-order chi connectivity index (χ0) is 20.6. The molecule has 7 heteroatoms. The van der Waals surface area contributed by atoms with Crippen LogP contribution in [-0.2, 0) is 12.1 Å².